The van der Waals surface area contributed by atoms with Crippen molar-refractivity contribution in [2.75, 3.05) is 31.1 Å². The summed E-state index contributed by atoms with van der Waals surface area (Å²) in [5.41, 5.74) is -1.80. The van der Waals surface area contributed by atoms with Gasteiger partial charge in [0.05, 0.1) is 18.3 Å². The Hall–Kier alpha value is -3.55. The van der Waals surface area contributed by atoms with Crippen LogP contribution in [0.3, 0.4) is 0 Å². The van der Waals surface area contributed by atoms with Gasteiger partial charge < -0.3 is 44.1 Å². The molecule has 0 saturated carbocycles. The Balaban J connectivity index is 1.38. The number of nitrogens with one attached hydrogen (secondary N) is 2. The van der Waals surface area contributed by atoms with E-state index in [1.807, 2.05) is 19.9 Å². The molecule has 3 aromatic rings. The maximum Gasteiger partial charge on any atom is 0.490 e. The molecule has 1 saturated heterocycles. The zero-order chi connectivity index (χ0) is 37.0. The minimum atomic E-state index is -5.77. The van der Waals surface area contributed by atoms with Crippen LogP contribution in [-0.2, 0) is 31.6 Å². The van der Waals surface area contributed by atoms with E-state index in [0.29, 0.717) is 11.0 Å². The van der Waals surface area contributed by atoms with Gasteiger partial charge in [0, 0.05) is 49.4 Å². The van der Waals surface area contributed by atoms with E-state index in [4.69, 9.17) is 18.9 Å². The number of H-pyrrole nitrogens is 1. The Morgan fingerprint density at radius 3 is 2.44 bits per heavy atom. The third-order valence-corrected chi connectivity index (χ3v) is 10.9. The molecule has 0 spiro atoms. The number of hydrogen-bond donors (Lipinski definition) is 7. The second kappa shape index (κ2) is 15.8. The van der Waals surface area contributed by atoms with Crippen LogP contribution < -0.4 is 27.1 Å². The van der Waals surface area contributed by atoms with Gasteiger partial charge in [-0.25, -0.2) is 23.3 Å². The van der Waals surface area contributed by atoms with Crippen LogP contribution in [0, 0.1) is 0 Å². The number of nitrogens with zero attached hydrogens (tertiary/aromatic N) is 2. The molecule has 2 unspecified atom stereocenters. The van der Waals surface area contributed by atoms with Crippen LogP contribution in [0.25, 0.3) is 17.0 Å². The smallest absolute Gasteiger partial charge is 0.422 e. The molecule has 1 fully saturated rings. The third kappa shape index (κ3) is 10.3. The predicted molar refractivity (Wildman–Crippen MR) is 173 cm³/mol. The second-order valence-electron chi connectivity index (χ2n) is 10.5. The Kier molecular flexibility index (Phi) is 12.4. The van der Waals surface area contributed by atoms with E-state index in [9.17, 15) is 47.8 Å². The number of benzene rings is 1. The number of aliphatic hydroxyl groups is 1. The molecule has 0 aliphatic carbocycles. The highest BCUT2D eigenvalue weighted by atomic mass is 31.3. The van der Waals surface area contributed by atoms with Crippen molar-refractivity contribution in [3.8, 4) is 0 Å². The molecule has 50 heavy (non-hydrogen) atoms. The minimum Gasteiger partial charge on any atom is -0.422 e. The molecule has 0 radical (unpaired) electrons. The standard InChI is InChI=1S/C26H33N4O17P3/c1-3-29(4-2)17-8-7-15-10-18(25(34)45-20(15)11-17)24(33)27-9-5-6-16-13-30(26(35)28-23(16)32)22-12-19(31)21(44-22)14-43-49(39,40)47-50(41,42)46-48(36,37)38/h5-8,10-11,13,19,21-22,31H,3-4,9,12,14H2,1-2H3,(H,27,33)(H,39,40)(H,41,42)(H,28,32,35)(H2,36,37,38)/b6-5+/t19-,21+,22+/m0/s1. The molecule has 21 nitrogen and oxygen atoms in total. The minimum absolute atomic E-state index is 0.0946. The van der Waals surface area contributed by atoms with Gasteiger partial charge in [0.1, 0.15) is 23.5 Å². The van der Waals surface area contributed by atoms with Gasteiger partial charge >= 0.3 is 34.8 Å². The van der Waals surface area contributed by atoms with Crippen LogP contribution in [-0.4, -0.2) is 78.6 Å². The highest BCUT2D eigenvalue weighted by Gasteiger charge is 2.43. The van der Waals surface area contributed by atoms with E-state index < -0.39 is 71.3 Å². The molecule has 5 atom stereocenters. The summed E-state index contributed by atoms with van der Waals surface area (Å²) in [7, 11) is -16.9. The lowest BCUT2D eigenvalue weighted by atomic mass is 10.1. The zero-order valence-corrected chi connectivity index (χ0v) is 28.9. The Labute approximate surface area is 281 Å². The number of fused-ring (bicyclic) bond motifs is 1. The fourth-order valence-electron chi connectivity index (χ4n) is 4.82. The number of aliphatic hydroxyl groups excluding tert-OH is 1. The number of aromatic amines is 1. The van der Waals surface area contributed by atoms with E-state index in [2.05, 4.69) is 28.3 Å². The van der Waals surface area contributed by atoms with Crippen LogP contribution in [0.15, 0.2) is 55.3 Å². The molecule has 4 rings (SSSR count). The molecule has 1 aromatic carbocycles. The van der Waals surface area contributed by atoms with Crippen molar-refractivity contribution in [2.45, 2.75) is 38.7 Å². The molecule has 3 heterocycles. The predicted octanol–water partition coefficient (Wildman–Crippen LogP) is 0.924. The first-order valence-electron chi connectivity index (χ1n) is 14.6. The van der Waals surface area contributed by atoms with Crippen molar-refractivity contribution in [3.63, 3.8) is 0 Å². The monoisotopic (exact) mass is 766 g/mol. The van der Waals surface area contributed by atoms with Gasteiger partial charge in [-0.3, -0.25) is 23.7 Å². The third-order valence-electron chi connectivity index (χ3n) is 7.10. The molecule has 1 aliphatic heterocycles. The average Bonchev–Trinajstić information content (AvgIpc) is 3.37. The first kappa shape index (κ1) is 39.2. The van der Waals surface area contributed by atoms with Crippen molar-refractivity contribution in [3.05, 3.63) is 78.9 Å². The van der Waals surface area contributed by atoms with Crippen LogP contribution in [0.5, 0.6) is 0 Å². The number of amides is 1. The van der Waals surface area contributed by atoms with Crippen molar-refractivity contribution >= 4 is 52.1 Å². The van der Waals surface area contributed by atoms with Crippen LogP contribution in [0.2, 0.25) is 0 Å². The highest BCUT2D eigenvalue weighted by molar-refractivity contribution is 7.66. The highest BCUT2D eigenvalue weighted by Crippen LogP contribution is 2.66. The summed E-state index contributed by atoms with van der Waals surface area (Å²) in [6.45, 7) is 4.35. The maximum atomic E-state index is 12.7. The number of phosphoric acid groups is 3. The molecule has 2 aromatic heterocycles. The van der Waals surface area contributed by atoms with Crippen LogP contribution in [0.4, 0.5) is 5.69 Å². The topological polar surface area (TPSA) is 307 Å². The molecular formula is C26H33N4O17P3. The van der Waals surface area contributed by atoms with Crippen molar-refractivity contribution in [1.29, 1.82) is 0 Å². The number of phosphoric ester groups is 1. The molecule has 1 amide bonds. The molecule has 1 aliphatic rings. The van der Waals surface area contributed by atoms with E-state index in [-0.39, 0.29) is 24.1 Å². The number of aromatic nitrogens is 2. The van der Waals surface area contributed by atoms with Crippen LogP contribution >= 0.6 is 23.5 Å². The van der Waals surface area contributed by atoms with Gasteiger partial charge in [0.2, 0.25) is 0 Å². The summed E-state index contributed by atoms with van der Waals surface area (Å²) >= 11 is 0. The summed E-state index contributed by atoms with van der Waals surface area (Å²) in [6, 6.07) is 6.70. The van der Waals surface area contributed by atoms with E-state index in [1.165, 1.54) is 18.2 Å². The van der Waals surface area contributed by atoms with Gasteiger partial charge in [0.25, 0.3) is 11.5 Å². The lowest BCUT2D eigenvalue weighted by Gasteiger charge is -2.20. The number of anilines is 1. The number of carbonyl (C=O) groups is 1. The number of rotatable bonds is 15. The maximum absolute atomic E-state index is 12.7. The van der Waals surface area contributed by atoms with Crippen molar-refractivity contribution in [2.24, 2.45) is 0 Å². The van der Waals surface area contributed by atoms with Crippen LogP contribution in [0.1, 0.15) is 42.4 Å². The number of hydrogen-bond acceptors (Lipinski definition) is 14. The second-order valence-corrected chi connectivity index (χ2v) is 14.9. The summed E-state index contributed by atoms with van der Waals surface area (Å²) in [5, 5.41) is 13.4. The van der Waals surface area contributed by atoms with Gasteiger partial charge in [-0.1, -0.05) is 12.2 Å². The molecular weight excluding hydrogens is 733 g/mol. The summed E-state index contributed by atoms with van der Waals surface area (Å²) in [4.78, 5) is 90.5. The first-order chi connectivity index (χ1) is 23.3. The Morgan fingerprint density at radius 2 is 1.78 bits per heavy atom. The fraction of sp³-hybridized carbons (Fsp3) is 0.385. The fourth-order valence-corrected chi connectivity index (χ4v) is 7.85. The molecule has 7 N–H and O–H groups in total. The Bertz CT molecular complexity index is 2090. The van der Waals surface area contributed by atoms with Gasteiger partial charge in [0.15, 0.2) is 0 Å². The van der Waals surface area contributed by atoms with Gasteiger partial charge in [-0.2, -0.15) is 8.62 Å². The molecule has 274 valence electrons. The number of ether oxygens (including phenoxy) is 1. The quantitative estimate of drug-likeness (QED) is 0.0835. The first-order valence-corrected chi connectivity index (χ1v) is 19.1. The molecule has 24 heteroatoms. The zero-order valence-electron chi connectivity index (χ0n) is 26.2. The average molecular weight is 766 g/mol. The summed E-state index contributed by atoms with van der Waals surface area (Å²) in [5.74, 6) is -0.743. The van der Waals surface area contributed by atoms with Gasteiger partial charge in [-0.05, 0) is 32.0 Å². The van der Waals surface area contributed by atoms with E-state index >= 15 is 0 Å². The SMILES string of the molecule is CCN(CC)c1ccc2cc(C(=O)NC/C=C/c3cn([C@H]4C[C@H](O)[C@@H](COP(=O)(O)OP(=O)(O)OP(=O)(O)O)O4)c(=O)[nH]c3=O)c(=O)oc2c1. The van der Waals surface area contributed by atoms with E-state index in [1.54, 1.807) is 12.1 Å². The lowest BCUT2D eigenvalue weighted by molar-refractivity contribution is -0.0450. The summed E-state index contributed by atoms with van der Waals surface area (Å²) in [6.07, 6.45) is -0.762. The summed E-state index contributed by atoms with van der Waals surface area (Å²) < 4.78 is 57.7. The molecule has 0 bridgehead atoms. The largest absolute Gasteiger partial charge is 0.490 e. The normalized spacial score (nSPS) is 20.5. The van der Waals surface area contributed by atoms with E-state index in [0.717, 1.165) is 29.5 Å². The van der Waals surface area contributed by atoms with Crippen molar-refractivity contribution < 1.29 is 65.5 Å². The van der Waals surface area contributed by atoms with Crippen molar-refractivity contribution in [1.82, 2.24) is 14.9 Å². The lowest BCUT2D eigenvalue weighted by Crippen LogP contribution is -2.33. The number of carbonyl (C=O) groups excluding carboxylic acids is 1. The van der Waals surface area contributed by atoms with Gasteiger partial charge in [-0.15, -0.1) is 0 Å². The Morgan fingerprint density at radius 1 is 1.08 bits per heavy atom.